The predicted molar refractivity (Wildman–Crippen MR) is 88.7 cm³/mol. The van der Waals surface area contributed by atoms with E-state index in [2.05, 4.69) is 24.2 Å². The number of hydrogen-bond donors (Lipinski definition) is 0. The number of aromatic nitrogens is 3. The number of benzene rings is 1. The Bertz CT molecular complexity index is 662. The van der Waals surface area contributed by atoms with Crippen molar-refractivity contribution in [3.63, 3.8) is 0 Å². The molecule has 0 spiro atoms. The van der Waals surface area contributed by atoms with E-state index in [0.29, 0.717) is 12.4 Å². The molecule has 2 rings (SSSR count). The van der Waals surface area contributed by atoms with E-state index in [4.69, 9.17) is 9.47 Å². The van der Waals surface area contributed by atoms with E-state index < -0.39 is 0 Å². The Balaban J connectivity index is 1.99. The topological polar surface area (TPSA) is 66.2 Å². The van der Waals surface area contributed by atoms with Gasteiger partial charge in [0.1, 0.15) is 12.3 Å². The van der Waals surface area contributed by atoms with Gasteiger partial charge in [0.2, 0.25) is 0 Å². The molecule has 0 unspecified atom stereocenters. The summed E-state index contributed by atoms with van der Waals surface area (Å²) < 4.78 is 11.7. The molecule has 124 valence electrons. The number of nitrogens with zero attached hydrogens (tertiary/aromatic N) is 3. The van der Waals surface area contributed by atoms with E-state index >= 15 is 0 Å². The molecule has 0 aliphatic carbocycles. The minimum absolute atomic E-state index is 0.0894. The second-order valence-electron chi connectivity index (χ2n) is 5.09. The number of rotatable bonds is 7. The molecule has 0 radical (unpaired) electrons. The number of carbonyl (C=O) groups is 1. The number of methoxy groups -OCH3 is 1. The van der Waals surface area contributed by atoms with Gasteiger partial charge in [-0.1, -0.05) is 5.21 Å². The van der Waals surface area contributed by atoms with Gasteiger partial charge in [0.05, 0.1) is 19.4 Å². The van der Waals surface area contributed by atoms with Crippen LogP contribution < -0.4 is 4.74 Å². The molecule has 0 N–H and O–H groups in total. The van der Waals surface area contributed by atoms with E-state index in [1.165, 1.54) is 20.7 Å². The van der Waals surface area contributed by atoms with Crippen molar-refractivity contribution in [2.45, 2.75) is 38.0 Å². The van der Waals surface area contributed by atoms with E-state index in [0.717, 1.165) is 11.4 Å². The van der Waals surface area contributed by atoms with Crippen LogP contribution in [0.4, 0.5) is 0 Å². The van der Waals surface area contributed by atoms with Crippen molar-refractivity contribution in [3.05, 3.63) is 35.2 Å². The fourth-order valence-corrected chi connectivity index (χ4v) is 3.22. The molecule has 6 nitrogen and oxygen atoms in total. The molecule has 0 atom stereocenters. The average molecular weight is 335 g/mol. The Morgan fingerprint density at radius 3 is 2.61 bits per heavy atom. The highest BCUT2D eigenvalue weighted by Gasteiger charge is 2.10. The summed E-state index contributed by atoms with van der Waals surface area (Å²) in [5, 5.41) is 8.05. The van der Waals surface area contributed by atoms with Crippen molar-refractivity contribution in [1.82, 2.24) is 15.0 Å². The third-order valence-corrected chi connectivity index (χ3v) is 4.59. The maximum absolute atomic E-state index is 11.4. The van der Waals surface area contributed by atoms with Crippen LogP contribution in [0.25, 0.3) is 0 Å². The van der Waals surface area contributed by atoms with Crippen molar-refractivity contribution < 1.29 is 14.3 Å². The zero-order valence-corrected chi connectivity index (χ0v) is 14.6. The van der Waals surface area contributed by atoms with E-state index in [-0.39, 0.29) is 12.5 Å². The lowest BCUT2D eigenvalue weighted by Gasteiger charge is -2.10. The van der Waals surface area contributed by atoms with Gasteiger partial charge in [-0.25, -0.2) is 4.68 Å². The van der Waals surface area contributed by atoms with Crippen molar-refractivity contribution >= 4 is 17.7 Å². The second-order valence-corrected chi connectivity index (χ2v) is 6.08. The summed E-state index contributed by atoms with van der Waals surface area (Å²) in [6.07, 6.45) is 1.78. The first-order chi connectivity index (χ1) is 11.0. The molecule has 2 aromatic rings. The van der Waals surface area contributed by atoms with Crippen LogP contribution >= 0.6 is 11.8 Å². The standard InChI is InChI=1S/C16H21N3O3S/c1-5-22-15(20)9-19-8-13(17-18-19)10-23-16-11(2)6-14(21-4)7-12(16)3/h6-8H,5,9-10H2,1-4H3. The smallest absolute Gasteiger partial charge is 0.327 e. The molecular formula is C16H21N3O3S. The number of carbonyl (C=O) groups excluding carboxylic acids is 1. The van der Waals surface area contributed by atoms with Gasteiger partial charge in [-0.15, -0.1) is 16.9 Å². The molecule has 1 aromatic heterocycles. The molecule has 1 heterocycles. The highest BCUT2D eigenvalue weighted by molar-refractivity contribution is 7.98. The summed E-state index contributed by atoms with van der Waals surface area (Å²) in [6, 6.07) is 4.04. The summed E-state index contributed by atoms with van der Waals surface area (Å²) in [7, 11) is 1.67. The van der Waals surface area contributed by atoms with Gasteiger partial charge in [0, 0.05) is 16.8 Å². The van der Waals surface area contributed by atoms with Gasteiger partial charge in [-0.2, -0.15) is 0 Å². The molecule has 23 heavy (non-hydrogen) atoms. The Labute approximate surface area is 140 Å². The minimum Gasteiger partial charge on any atom is -0.497 e. The summed E-state index contributed by atoms with van der Waals surface area (Å²) in [5.41, 5.74) is 3.17. The maximum Gasteiger partial charge on any atom is 0.327 e. The predicted octanol–water partition coefficient (Wildman–Crippen LogP) is 2.76. The van der Waals surface area contributed by atoms with Crippen LogP contribution in [0.15, 0.2) is 23.2 Å². The highest BCUT2D eigenvalue weighted by atomic mass is 32.2. The third kappa shape index (κ3) is 4.72. The zero-order valence-electron chi connectivity index (χ0n) is 13.8. The van der Waals surface area contributed by atoms with Crippen LogP contribution in [0.1, 0.15) is 23.7 Å². The fourth-order valence-electron chi connectivity index (χ4n) is 2.22. The van der Waals surface area contributed by atoms with Crippen LogP contribution in [0, 0.1) is 13.8 Å². The Morgan fingerprint density at radius 1 is 1.30 bits per heavy atom. The van der Waals surface area contributed by atoms with Crippen LogP contribution in [0.5, 0.6) is 5.75 Å². The average Bonchev–Trinajstić information content (AvgIpc) is 2.93. The lowest BCUT2D eigenvalue weighted by molar-refractivity contribution is -0.144. The van der Waals surface area contributed by atoms with Crippen molar-refractivity contribution in [3.8, 4) is 5.75 Å². The lowest BCUT2D eigenvalue weighted by atomic mass is 10.1. The summed E-state index contributed by atoms with van der Waals surface area (Å²) in [4.78, 5) is 12.6. The van der Waals surface area contributed by atoms with Crippen molar-refractivity contribution in [1.29, 1.82) is 0 Å². The van der Waals surface area contributed by atoms with E-state index in [1.807, 2.05) is 12.1 Å². The molecular weight excluding hydrogens is 314 g/mol. The fraction of sp³-hybridized carbons (Fsp3) is 0.438. The lowest BCUT2D eigenvalue weighted by Crippen LogP contribution is -2.13. The molecule has 0 aliphatic rings. The first-order valence-corrected chi connectivity index (χ1v) is 8.34. The summed E-state index contributed by atoms with van der Waals surface area (Å²) in [6.45, 7) is 6.37. The van der Waals surface area contributed by atoms with Gasteiger partial charge in [0.15, 0.2) is 0 Å². The first-order valence-electron chi connectivity index (χ1n) is 7.36. The van der Waals surface area contributed by atoms with Crippen LogP contribution in [0.2, 0.25) is 0 Å². The van der Waals surface area contributed by atoms with Gasteiger partial charge in [0.25, 0.3) is 0 Å². The highest BCUT2D eigenvalue weighted by Crippen LogP contribution is 2.31. The molecule has 0 saturated carbocycles. The Kier molecular flexibility index (Phi) is 6.04. The molecule has 0 fully saturated rings. The molecule has 1 aromatic carbocycles. The zero-order chi connectivity index (χ0) is 16.8. The van der Waals surface area contributed by atoms with E-state index in [9.17, 15) is 4.79 Å². The number of thioether (sulfide) groups is 1. The summed E-state index contributed by atoms with van der Waals surface area (Å²) in [5.74, 6) is 1.25. The van der Waals surface area contributed by atoms with E-state index in [1.54, 1.807) is 32.0 Å². The Hall–Kier alpha value is -2.02. The quantitative estimate of drug-likeness (QED) is 0.572. The molecule has 7 heteroatoms. The third-order valence-electron chi connectivity index (χ3n) is 3.22. The number of aryl methyl sites for hydroxylation is 2. The number of ether oxygens (including phenoxy) is 2. The van der Waals surface area contributed by atoms with Crippen LogP contribution in [0.3, 0.4) is 0 Å². The van der Waals surface area contributed by atoms with Gasteiger partial charge >= 0.3 is 5.97 Å². The normalized spacial score (nSPS) is 10.6. The van der Waals surface area contributed by atoms with Gasteiger partial charge in [-0.3, -0.25) is 4.79 Å². The van der Waals surface area contributed by atoms with Crippen LogP contribution in [-0.4, -0.2) is 34.7 Å². The Morgan fingerprint density at radius 2 is 2.00 bits per heavy atom. The second kappa shape index (κ2) is 8.01. The van der Waals surface area contributed by atoms with Crippen molar-refractivity contribution in [2.75, 3.05) is 13.7 Å². The minimum atomic E-state index is -0.307. The molecule has 0 bridgehead atoms. The monoisotopic (exact) mass is 335 g/mol. The largest absolute Gasteiger partial charge is 0.497 e. The van der Waals surface area contributed by atoms with Gasteiger partial charge in [-0.05, 0) is 44.0 Å². The molecule has 0 aliphatic heterocycles. The first kappa shape index (κ1) is 17.3. The molecule has 0 amide bonds. The van der Waals surface area contributed by atoms with Crippen LogP contribution in [-0.2, 0) is 21.8 Å². The molecule has 0 saturated heterocycles. The van der Waals surface area contributed by atoms with Crippen molar-refractivity contribution in [2.24, 2.45) is 0 Å². The number of esters is 1. The number of hydrogen-bond acceptors (Lipinski definition) is 6. The SMILES string of the molecule is CCOC(=O)Cn1cc(CSc2c(C)cc(OC)cc2C)nn1. The summed E-state index contributed by atoms with van der Waals surface area (Å²) >= 11 is 1.70. The van der Waals surface area contributed by atoms with Gasteiger partial charge < -0.3 is 9.47 Å². The maximum atomic E-state index is 11.4.